The van der Waals surface area contributed by atoms with Crippen molar-refractivity contribution in [2.75, 3.05) is 39.4 Å². The van der Waals surface area contributed by atoms with Crippen molar-refractivity contribution in [3.63, 3.8) is 0 Å². The summed E-state index contributed by atoms with van der Waals surface area (Å²) in [7, 11) is 0. The Morgan fingerprint density at radius 3 is 2.87 bits per heavy atom. The molecule has 3 atom stereocenters. The van der Waals surface area contributed by atoms with Crippen LogP contribution in [0.1, 0.15) is 25.1 Å². The molecule has 164 valence electrons. The van der Waals surface area contributed by atoms with E-state index in [0.717, 1.165) is 16.9 Å². The smallest absolute Gasteiger partial charge is 0.222 e. The number of H-pyrrole nitrogens is 1. The van der Waals surface area contributed by atoms with Crippen LogP contribution in [0.2, 0.25) is 5.02 Å². The maximum Gasteiger partial charge on any atom is 0.222 e. The summed E-state index contributed by atoms with van der Waals surface area (Å²) in [6.07, 6.45) is 0.458. The number of nitrogens with zero attached hydrogens (tertiary/aromatic N) is 3. The molecule has 0 bridgehead atoms. The van der Waals surface area contributed by atoms with Crippen LogP contribution in [0.3, 0.4) is 0 Å². The molecule has 30 heavy (non-hydrogen) atoms. The lowest BCUT2D eigenvalue weighted by Crippen LogP contribution is -2.55. The van der Waals surface area contributed by atoms with E-state index in [0.29, 0.717) is 70.1 Å². The average Bonchev–Trinajstić information content (AvgIpc) is 3.08. The first kappa shape index (κ1) is 21.5. The molecule has 2 aliphatic rings. The highest BCUT2D eigenvalue weighted by Crippen LogP contribution is 2.21. The number of likely N-dealkylation sites (tertiary alicyclic amines) is 1. The molecule has 2 aromatic rings. The van der Waals surface area contributed by atoms with E-state index in [-0.39, 0.29) is 11.9 Å². The number of fused-ring (bicyclic) bond motifs is 1. The fourth-order valence-electron chi connectivity index (χ4n) is 4.33. The van der Waals surface area contributed by atoms with Gasteiger partial charge in [0.1, 0.15) is 5.82 Å². The fraction of sp³-hybridized carbons (Fsp3) is 0.619. The quantitative estimate of drug-likeness (QED) is 0.650. The van der Waals surface area contributed by atoms with E-state index in [2.05, 4.69) is 14.9 Å². The second kappa shape index (κ2) is 9.62. The van der Waals surface area contributed by atoms with E-state index in [1.54, 1.807) is 4.90 Å². The normalized spacial score (nSPS) is 26.1. The zero-order valence-electron chi connectivity index (χ0n) is 17.0. The molecular weight excluding hydrogens is 408 g/mol. The molecule has 3 heterocycles. The standard InChI is InChI=1S/C21H29ClN4O4/c22-14-4-5-15-16(12-14)24-19(23-15)2-1-3-20(28)26-7-6-18(27)21(29)17(13-26)25-8-10-30-11-9-25/h4-5,12,17-18,21,27,29H,1-3,6-11,13H2,(H,23,24)/t17-,18-,21+/m1/s1. The topological polar surface area (TPSA) is 102 Å². The van der Waals surface area contributed by atoms with Crippen LogP contribution in [0, 0.1) is 0 Å². The second-order valence-electron chi connectivity index (χ2n) is 8.10. The third-order valence-corrected chi connectivity index (χ3v) is 6.29. The highest BCUT2D eigenvalue weighted by Gasteiger charge is 2.37. The van der Waals surface area contributed by atoms with Crippen LogP contribution in [0.25, 0.3) is 11.0 Å². The van der Waals surface area contributed by atoms with Crippen LogP contribution in [0.15, 0.2) is 18.2 Å². The van der Waals surface area contributed by atoms with Crippen LogP contribution >= 0.6 is 11.6 Å². The number of aryl methyl sites for hydroxylation is 1. The Kier molecular flexibility index (Phi) is 6.90. The van der Waals surface area contributed by atoms with Gasteiger partial charge in [-0.2, -0.15) is 0 Å². The van der Waals surface area contributed by atoms with Crippen molar-refractivity contribution in [3.8, 4) is 0 Å². The molecule has 2 aliphatic heterocycles. The predicted molar refractivity (Wildman–Crippen MR) is 113 cm³/mol. The van der Waals surface area contributed by atoms with E-state index in [9.17, 15) is 15.0 Å². The van der Waals surface area contributed by atoms with Gasteiger partial charge >= 0.3 is 0 Å². The van der Waals surface area contributed by atoms with E-state index in [4.69, 9.17) is 16.3 Å². The number of hydrogen-bond donors (Lipinski definition) is 3. The number of halogens is 1. The molecule has 1 aromatic heterocycles. The summed E-state index contributed by atoms with van der Waals surface area (Å²) in [4.78, 5) is 24.6. The summed E-state index contributed by atoms with van der Waals surface area (Å²) in [6, 6.07) is 5.27. The number of nitrogens with one attached hydrogen (secondary N) is 1. The number of imidazole rings is 1. The average molecular weight is 437 g/mol. The molecule has 0 spiro atoms. The van der Waals surface area contributed by atoms with Gasteiger partial charge in [0.05, 0.1) is 42.5 Å². The predicted octanol–water partition coefficient (Wildman–Crippen LogP) is 1.19. The molecular formula is C21H29ClN4O4. The first-order valence-electron chi connectivity index (χ1n) is 10.6. The molecule has 9 heteroatoms. The Labute approximate surface area is 180 Å². The van der Waals surface area contributed by atoms with Crippen molar-refractivity contribution in [2.24, 2.45) is 0 Å². The summed E-state index contributed by atoms with van der Waals surface area (Å²) < 4.78 is 5.40. The lowest BCUT2D eigenvalue weighted by atomic mass is 10.0. The van der Waals surface area contributed by atoms with Crippen LogP contribution in [-0.2, 0) is 16.0 Å². The molecule has 1 aromatic carbocycles. The van der Waals surface area contributed by atoms with Gasteiger partial charge in [0, 0.05) is 44.0 Å². The van der Waals surface area contributed by atoms with Crippen LogP contribution in [-0.4, -0.2) is 93.5 Å². The molecule has 1 amide bonds. The van der Waals surface area contributed by atoms with Crippen molar-refractivity contribution in [3.05, 3.63) is 29.0 Å². The summed E-state index contributed by atoms with van der Waals surface area (Å²) in [6.45, 7) is 3.51. The van der Waals surface area contributed by atoms with E-state index in [1.807, 2.05) is 18.2 Å². The van der Waals surface area contributed by atoms with Crippen molar-refractivity contribution in [1.29, 1.82) is 0 Å². The third-order valence-electron chi connectivity index (χ3n) is 6.06. The number of benzene rings is 1. The highest BCUT2D eigenvalue weighted by molar-refractivity contribution is 6.31. The van der Waals surface area contributed by atoms with Crippen LogP contribution in [0.5, 0.6) is 0 Å². The van der Waals surface area contributed by atoms with Gasteiger partial charge in [0.2, 0.25) is 5.91 Å². The largest absolute Gasteiger partial charge is 0.390 e. The van der Waals surface area contributed by atoms with Gasteiger partial charge in [-0.1, -0.05) is 11.6 Å². The molecule has 0 unspecified atom stereocenters. The molecule has 4 rings (SSSR count). The van der Waals surface area contributed by atoms with Crippen molar-refractivity contribution < 1.29 is 19.7 Å². The van der Waals surface area contributed by atoms with E-state index >= 15 is 0 Å². The summed E-state index contributed by atoms with van der Waals surface area (Å²) >= 11 is 6.02. The fourth-order valence-corrected chi connectivity index (χ4v) is 4.50. The molecule has 2 saturated heterocycles. The Balaban J connectivity index is 1.34. The summed E-state index contributed by atoms with van der Waals surface area (Å²) in [5.74, 6) is 0.890. The molecule has 2 fully saturated rings. The number of morpholine rings is 1. The first-order chi connectivity index (χ1) is 14.5. The van der Waals surface area contributed by atoms with Crippen LogP contribution < -0.4 is 0 Å². The number of hydrogen-bond acceptors (Lipinski definition) is 6. The SMILES string of the molecule is O=C(CCCc1nc2ccc(Cl)cc2[nH]1)N1CC[C@@H](O)[C@@H](O)[C@H](N2CCOCC2)C1. The highest BCUT2D eigenvalue weighted by atomic mass is 35.5. The number of rotatable bonds is 5. The number of aliphatic hydroxyl groups is 2. The Bertz CT molecular complexity index is 870. The van der Waals surface area contributed by atoms with E-state index in [1.165, 1.54) is 0 Å². The number of ether oxygens (including phenoxy) is 1. The van der Waals surface area contributed by atoms with Gasteiger partial charge in [0.25, 0.3) is 0 Å². The zero-order valence-corrected chi connectivity index (χ0v) is 17.7. The molecule has 0 saturated carbocycles. The number of amides is 1. The van der Waals surface area contributed by atoms with Crippen molar-refractivity contribution in [1.82, 2.24) is 19.8 Å². The monoisotopic (exact) mass is 436 g/mol. The van der Waals surface area contributed by atoms with Gasteiger partial charge in [-0.3, -0.25) is 9.69 Å². The maximum atomic E-state index is 12.9. The Hall–Kier alpha value is -1.71. The Morgan fingerprint density at radius 1 is 1.27 bits per heavy atom. The maximum absolute atomic E-state index is 12.9. The number of aromatic amines is 1. The van der Waals surface area contributed by atoms with E-state index < -0.39 is 12.2 Å². The Morgan fingerprint density at radius 2 is 2.07 bits per heavy atom. The number of aliphatic hydroxyl groups excluding tert-OH is 2. The zero-order chi connectivity index (χ0) is 21.1. The van der Waals surface area contributed by atoms with Gasteiger partial charge in [-0.15, -0.1) is 0 Å². The molecule has 0 radical (unpaired) electrons. The van der Waals surface area contributed by atoms with Gasteiger partial charge < -0.3 is 24.8 Å². The number of carbonyl (C=O) groups is 1. The minimum absolute atomic E-state index is 0.0497. The number of aromatic nitrogens is 2. The van der Waals surface area contributed by atoms with Crippen molar-refractivity contribution >= 4 is 28.5 Å². The molecule has 8 nitrogen and oxygen atoms in total. The summed E-state index contributed by atoms with van der Waals surface area (Å²) in [5, 5.41) is 21.6. The van der Waals surface area contributed by atoms with Crippen molar-refractivity contribution in [2.45, 2.75) is 43.9 Å². The van der Waals surface area contributed by atoms with Gasteiger partial charge in [0.15, 0.2) is 0 Å². The van der Waals surface area contributed by atoms with Crippen LogP contribution in [0.4, 0.5) is 0 Å². The third kappa shape index (κ3) is 4.95. The number of carbonyl (C=O) groups excluding carboxylic acids is 1. The minimum atomic E-state index is -0.858. The molecule has 0 aliphatic carbocycles. The first-order valence-corrected chi connectivity index (χ1v) is 11.0. The summed E-state index contributed by atoms with van der Waals surface area (Å²) in [5.41, 5.74) is 1.76. The lowest BCUT2D eigenvalue weighted by Gasteiger charge is -2.38. The lowest BCUT2D eigenvalue weighted by molar-refractivity contribution is -0.132. The van der Waals surface area contributed by atoms with Gasteiger partial charge in [-0.25, -0.2) is 4.98 Å². The minimum Gasteiger partial charge on any atom is -0.390 e. The van der Waals surface area contributed by atoms with Gasteiger partial charge in [-0.05, 0) is 31.0 Å². The molecule has 3 N–H and O–H groups in total. The second-order valence-corrected chi connectivity index (χ2v) is 8.54.